The molecule has 1 aliphatic rings. The van der Waals surface area contributed by atoms with Crippen LogP contribution in [-0.4, -0.2) is 33.9 Å². The lowest BCUT2D eigenvalue weighted by Crippen LogP contribution is -2.47. The van der Waals surface area contributed by atoms with Crippen molar-refractivity contribution >= 4 is 23.2 Å². The summed E-state index contributed by atoms with van der Waals surface area (Å²) in [5.41, 5.74) is 1.04. The molecule has 6 nitrogen and oxygen atoms in total. The Morgan fingerprint density at radius 3 is 3.00 bits per heavy atom. The topological polar surface area (TPSA) is 81.2 Å². The number of benzene rings is 1. The van der Waals surface area contributed by atoms with E-state index >= 15 is 0 Å². The highest BCUT2D eigenvalue weighted by atomic mass is 32.1. The van der Waals surface area contributed by atoms with Crippen molar-refractivity contribution in [3.05, 3.63) is 40.4 Å². The molecule has 0 saturated carbocycles. The highest BCUT2D eigenvalue weighted by molar-refractivity contribution is 7.08. The standard InChI is InChI=1S/C13H11N3O3S/c1-7-12(20-16-15-7)13(18)14-9-6-19-10-5-3-2-4-8(10)11(9)17/h2-5,9H,6H2,1H3,(H,14,18)/t9-/m1/s1. The first kappa shape index (κ1) is 12.7. The summed E-state index contributed by atoms with van der Waals surface area (Å²) in [6.45, 7) is 1.83. The number of Topliss-reactive ketones (excluding diaryl/α,β-unsaturated/α-hetero) is 1. The van der Waals surface area contributed by atoms with Gasteiger partial charge in [-0.2, -0.15) is 0 Å². The SMILES string of the molecule is Cc1nnsc1C(=O)N[C@@H]1COc2ccccc2C1=O. The van der Waals surface area contributed by atoms with E-state index in [2.05, 4.69) is 14.9 Å². The van der Waals surface area contributed by atoms with Crippen LogP contribution in [0.5, 0.6) is 5.75 Å². The monoisotopic (exact) mass is 289 g/mol. The van der Waals surface area contributed by atoms with Crippen LogP contribution in [0.1, 0.15) is 25.7 Å². The maximum absolute atomic E-state index is 12.3. The molecule has 0 radical (unpaired) electrons. The lowest BCUT2D eigenvalue weighted by molar-refractivity contribution is 0.0796. The average Bonchev–Trinajstić information content (AvgIpc) is 2.88. The van der Waals surface area contributed by atoms with Crippen molar-refractivity contribution in [2.45, 2.75) is 13.0 Å². The van der Waals surface area contributed by atoms with Gasteiger partial charge in [0.1, 0.15) is 23.3 Å². The molecule has 1 atom stereocenters. The second-order valence-electron chi connectivity index (χ2n) is 4.38. The molecule has 1 amide bonds. The van der Waals surface area contributed by atoms with Gasteiger partial charge < -0.3 is 10.1 Å². The van der Waals surface area contributed by atoms with Crippen LogP contribution < -0.4 is 10.1 Å². The molecule has 2 heterocycles. The van der Waals surface area contributed by atoms with Crippen LogP contribution in [0.15, 0.2) is 24.3 Å². The summed E-state index contributed by atoms with van der Waals surface area (Å²) in [5, 5.41) is 6.45. The number of amides is 1. The minimum absolute atomic E-state index is 0.132. The number of aromatic nitrogens is 2. The molecule has 0 spiro atoms. The summed E-state index contributed by atoms with van der Waals surface area (Å²) in [5.74, 6) is 0.0628. The van der Waals surface area contributed by atoms with Crippen LogP contribution in [-0.2, 0) is 0 Å². The maximum atomic E-state index is 12.3. The second-order valence-corrected chi connectivity index (χ2v) is 5.14. The number of carbonyl (C=O) groups excluding carboxylic acids is 2. The van der Waals surface area contributed by atoms with Crippen LogP contribution >= 0.6 is 11.5 Å². The highest BCUT2D eigenvalue weighted by Crippen LogP contribution is 2.24. The van der Waals surface area contributed by atoms with Gasteiger partial charge in [0.05, 0.1) is 11.3 Å². The van der Waals surface area contributed by atoms with Crippen LogP contribution in [0.25, 0.3) is 0 Å². The van der Waals surface area contributed by atoms with Gasteiger partial charge in [-0.05, 0) is 30.6 Å². The molecule has 7 heteroatoms. The van der Waals surface area contributed by atoms with Crippen LogP contribution in [0, 0.1) is 6.92 Å². The molecule has 20 heavy (non-hydrogen) atoms. The van der Waals surface area contributed by atoms with E-state index < -0.39 is 6.04 Å². The van der Waals surface area contributed by atoms with Crippen LogP contribution in [0.2, 0.25) is 0 Å². The number of hydrogen-bond donors (Lipinski definition) is 1. The van der Waals surface area contributed by atoms with E-state index in [1.807, 2.05) is 0 Å². The first-order valence-electron chi connectivity index (χ1n) is 6.02. The number of hydrogen-bond acceptors (Lipinski definition) is 6. The fourth-order valence-corrected chi connectivity index (χ4v) is 2.56. The summed E-state index contributed by atoms with van der Waals surface area (Å²) in [6.07, 6.45) is 0. The van der Waals surface area contributed by atoms with Crippen LogP contribution in [0.3, 0.4) is 0 Å². The Morgan fingerprint density at radius 2 is 2.25 bits per heavy atom. The molecule has 1 aliphatic heterocycles. The van der Waals surface area contributed by atoms with Crippen molar-refractivity contribution < 1.29 is 14.3 Å². The number of para-hydroxylation sites is 1. The van der Waals surface area contributed by atoms with Gasteiger partial charge in [-0.3, -0.25) is 9.59 Å². The first-order valence-corrected chi connectivity index (χ1v) is 6.80. The summed E-state index contributed by atoms with van der Waals surface area (Å²) >= 11 is 1.01. The fourth-order valence-electron chi connectivity index (χ4n) is 2.00. The molecule has 1 N–H and O–H groups in total. The largest absolute Gasteiger partial charge is 0.490 e. The van der Waals surface area contributed by atoms with Crippen LogP contribution in [0.4, 0.5) is 0 Å². The lowest BCUT2D eigenvalue weighted by Gasteiger charge is -2.24. The number of nitrogens with zero attached hydrogens (tertiary/aromatic N) is 2. The van der Waals surface area contributed by atoms with Gasteiger partial charge in [0.25, 0.3) is 5.91 Å². The molecule has 1 aromatic heterocycles. The Hall–Kier alpha value is -2.28. The number of nitrogens with one attached hydrogen (secondary N) is 1. The zero-order valence-electron chi connectivity index (χ0n) is 10.6. The van der Waals surface area contributed by atoms with Crippen molar-refractivity contribution in [2.24, 2.45) is 0 Å². The Bertz CT molecular complexity index is 683. The number of fused-ring (bicyclic) bond motifs is 1. The van der Waals surface area contributed by atoms with E-state index in [0.717, 1.165) is 11.5 Å². The third kappa shape index (κ3) is 2.16. The van der Waals surface area contributed by atoms with E-state index in [1.165, 1.54) is 0 Å². The Morgan fingerprint density at radius 1 is 1.45 bits per heavy atom. The predicted octanol–water partition coefficient (Wildman–Crippen LogP) is 1.22. The van der Waals surface area contributed by atoms with E-state index in [4.69, 9.17) is 4.74 Å². The molecule has 1 aromatic carbocycles. The minimum Gasteiger partial charge on any atom is -0.490 e. The van der Waals surface area contributed by atoms with Gasteiger partial charge in [-0.1, -0.05) is 16.6 Å². The molecular formula is C13H11N3O3S. The molecule has 0 unspecified atom stereocenters. The van der Waals surface area contributed by atoms with Gasteiger partial charge in [0.2, 0.25) is 0 Å². The molecule has 3 rings (SSSR count). The Balaban J connectivity index is 1.79. The van der Waals surface area contributed by atoms with E-state index in [9.17, 15) is 9.59 Å². The number of ketones is 1. The predicted molar refractivity (Wildman–Crippen MR) is 72.2 cm³/mol. The fraction of sp³-hybridized carbons (Fsp3) is 0.231. The Kier molecular flexibility index (Phi) is 3.19. The second kappa shape index (κ2) is 5.01. The third-order valence-corrected chi connectivity index (χ3v) is 3.86. The summed E-state index contributed by atoms with van der Waals surface area (Å²) < 4.78 is 9.20. The Labute approximate surface area is 118 Å². The van der Waals surface area contributed by atoms with Crippen molar-refractivity contribution in [3.8, 4) is 5.75 Å². The zero-order valence-corrected chi connectivity index (χ0v) is 11.4. The van der Waals surface area contributed by atoms with Crippen molar-refractivity contribution in [1.29, 1.82) is 0 Å². The molecule has 0 saturated heterocycles. The molecule has 0 aliphatic carbocycles. The van der Waals surface area contributed by atoms with E-state index in [1.54, 1.807) is 31.2 Å². The average molecular weight is 289 g/mol. The van der Waals surface area contributed by atoms with Gasteiger partial charge in [-0.15, -0.1) is 5.10 Å². The zero-order chi connectivity index (χ0) is 14.1. The molecule has 0 fully saturated rings. The molecule has 102 valence electrons. The first-order chi connectivity index (χ1) is 9.66. The molecule has 0 bridgehead atoms. The van der Waals surface area contributed by atoms with E-state index in [-0.39, 0.29) is 18.3 Å². The summed E-state index contributed by atoms with van der Waals surface area (Å²) in [7, 11) is 0. The summed E-state index contributed by atoms with van der Waals surface area (Å²) in [6, 6.07) is 6.32. The molecule has 2 aromatic rings. The number of ether oxygens (including phenoxy) is 1. The smallest absolute Gasteiger partial charge is 0.265 e. The quantitative estimate of drug-likeness (QED) is 0.899. The van der Waals surface area contributed by atoms with Gasteiger partial charge in [0.15, 0.2) is 5.78 Å². The van der Waals surface area contributed by atoms with Gasteiger partial charge in [-0.25, -0.2) is 0 Å². The molecular weight excluding hydrogens is 278 g/mol. The van der Waals surface area contributed by atoms with Crippen molar-refractivity contribution in [2.75, 3.05) is 6.61 Å². The number of rotatable bonds is 2. The normalized spacial score (nSPS) is 17.2. The maximum Gasteiger partial charge on any atom is 0.265 e. The highest BCUT2D eigenvalue weighted by Gasteiger charge is 2.30. The van der Waals surface area contributed by atoms with Gasteiger partial charge >= 0.3 is 0 Å². The number of aryl methyl sites for hydroxylation is 1. The third-order valence-electron chi connectivity index (χ3n) is 3.04. The van der Waals surface area contributed by atoms with E-state index in [0.29, 0.717) is 21.9 Å². The van der Waals surface area contributed by atoms with Crippen molar-refractivity contribution in [1.82, 2.24) is 14.9 Å². The summed E-state index contributed by atoms with van der Waals surface area (Å²) in [4.78, 5) is 24.8. The van der Waals surface area contributed by atoms with Crippen molar-refractivity contribution in [3.63, 3.8) is 0 Å². The number of carbonyl (C=O) groups is 2. The van der Waals surface area contributed by atoms with Gasteiger partial charge in [0, 0.05) is 0 Å². The minimum atomic E-state index is -0.682. The lowest BCUT2D eigenvalue weighted by atomic mass is 10.0.